The maximum absolute atomic E-state index is 6.28. The molecule has 8 heteroatoms. The first kappa shape index (κ1) is 15.0. The first-order valence-electron chi connectivity index (χ1n) is 6.34. The van der Waals surface area contributed by atoms with E-state index in [1.54, 1.807) is 17.1 Å². The van der Waals surface area contributed by atoms with Gasteiger partial charge in [-0.05, 0) is 20.2 Å². The number of hydrazine groups is 1. The predicted molar refractivity (Wildman–Crippen MR) is 78.2 cm³/mol. The van der Waals surface area contributed by atoms with Crippen LogP contribution >= 0.6 is 11.6 Å². The van der Waals surface area contributed by atoms with Crippen LogP contribution in [0, 0.1) is 0 Å². The van der Waals surface area contributed by atoms with Gasteiger partial charge >= 0.3 is 0 Å². The number of hydrogen-bond acceptors (Lipinski definition) is 5. The number of aromatic nitrogens is 4. The van der Waals surface area contributed by atoms with Crippen LogP contribution in [0.5, 0.6) is 0 Å². The third-order valence-corrected chi connectivity index (χ3v) is 3.48. The first-order valence-corrected chi connectivity index (χ1v) is 6.72. The molecule has 1 unspecified atom stereocenters. The van der Waals surface area contributed by atoms with Gasteiger partial charge in [0.25, 0.3) is 0 Å². The molecule has 0 aliphatic rings. The second kappa shape index (κ2) is 6.36. The smallest absolute Gasteiger partial charge is 0.106 e. The molecule has 2 aromatic heterocycles. The Kier molecular flexibility index (Phi) is 4.77. The van der Waals surface area contributed by atoms with Crippen LogP contribution < -0.4 is 11.3 Å². The summed E-state index contributed by atoms with van der Waals surface area (Å²) in [5.74, 6) is 5.72. The van der Waals surface area contributed by atoms with Gasteiger partial charge in [-0.15, -0.1) is 0 Å². The molecule has 7 nitrogen and oxygen atoms in total. The molecule has 2 heterocycles. The predicted octanol–water partition coefficient (Wildman–Crippen LogP) is 0.384. The lowest BCUT2D eigenvalue weighted by Gasteiger charge is -2.19. The Morgan fingerprint density at radius 1 is 1.45 bits per heavy atom. The number of rotatable bonds is 6. The summed E-state index contributed by atoms with van der Waals surface area (Å²) < 4.78 is 3.64. The summed E-state index contributed by atoms with van der Waals surface area (Å²) in [6.07, 6.45) is 3.38. The molecule has 110 valence electrons. The number of nitrogens with zero attached hydrogens (tertiary/aromatic N) is 5. The number of nitrogens with one attached hydrogen (secondary N) is 1. The number of nitrogens with two attached hydrogens (primary N) is 1. The van der Waals surface area contributed by atoms with Crippen molar-refractivity contribution in [1.82, 2.24) is 29.9 Å². The second-order valence-electron chi connectivity index (χ2n) is 4.88. The molecule has 0 spiro atoms. The van der Waals surface area contributed by atoms with Gasteiger partial charge in [0.2, 0.25) is 0 Å². The summed E-state index contributed by atoms with van der Waals surface area (Å²) >= 11 is 6.28. The highest BCUT2D eigenvalue weighted by Gasteiger charge is 2.23. The molecule has 0 aliphatic carbocycles. The lowest BCUT2D eigenvalue weighted by molar-refractivity contribution is 0.364. The van der Waals surface area contributed by atoms with Crippen molar-refractivity contribution in [3.8, 4) is 0 Å². The van der Waals surface area contributed by atoms with Gasteiger partial charge in [0.05, 0.1) is 29.2 Å². The van der Waals surface area contributed by atoms with Crippen LogP contribution in [-0.2, 0) is 13.6 Å². The van der Waals surface area contributed by atoms with Crippen LogP contribution in [0.15, 0.2) is 18.5 Å². The Morgan fingerprint density at radius 3 is 2.75 bits per heavy atom. The summed E-state index contributed by atoms with van der Waals surface area (Å²) in [5, 5.41) is 9.09. The van der Waals surface area contributed by atoms with Crippen LogP contribution in [0.4, 0.5) is 0 Å². The van der Waals surface area contributed by atoms with E-state index in [0.29, 0.717) is 5.02 Å². The van der Waals surface area contributed by atoms with Gasteiger partial charge in [0.15, 0.2) is 0 Å². The van der Waals surface area contributed by atoms with Gasteiger partial charge in [-0.25, -0.2) is 5.43 Å². The Morgan fingerprint density at radius 2 is 2.20 bits per heavy atom. The fourth-order valence-electron chi connectivity index (χ4n) is 2.10. The highest BCUT2D eigenvalue weighted by molar-refractivity contribution is 6.31. The third kappa shape index (κ3) is 3.01. The Balaban J connectivity index is 2.34. The Hall–Kier alpha value is -1.41. The molecule has 0 aromatic carbocycles. The van der Waals surface area contributed by atoms with Gasteiger partial charge in [-0.3, -0.25) is 15.2 Å². The number of hydrogen-bond donors (Lipinski definition) is 2. The Labute approximate surface area is 123 Å². The Bertz CT molecular complexity index is 560. The van der Waals surface area contributed by atoms with Crippen LogP contribution in [0.25, 0.3) is 0 Å². The fraction of sp³-hybridized carbons (Fsp3) is 0.500. The van der Waals surface area contributed by atoms with Crippen molar-refractivity contribution >= 4 is 11.6 Å². The van der Waals surface area contributed by atoms with E-state index in [9.17, 15) is 0 Å². The monoisotopic (exact) mass is 297 g/mol. The average molecular weight is 298 g/mol. The zero-order valence-electron chi connectivity index (χ0n) is 11.9. The van der Waals surface area contributed by atoms with Crippen molar-refractivity contribution in [2.75, 3.05) is 20.6 Å². The molecule has 20 heavy (non-hydrogen) atoms. The molecule has 0 fully saturated rings. The van der Waals surface area contributed by atoms with E-state index >= 15 is 0 Å². The minimum Gasteiger partial charge on any atom is -0.308 e. The molecule has 2 rings (SSSR count). The van der Waals surface area contributed by atoms with E-state index in [1.807, 2.05) is 31.9 Å². The molecule has 0 bridgehead atoms. The maximum atomic E-state index is 6.28. The standard InChI is InChI=1S/C12H20ClN7/c1-18(2)6-7-20-12(9(13)8-16-20)11(17-14)10-4-5-15-19(10)3/h4-5,8,11,17H,6-7,14H2,1-3H3. The number of aryl methyl sites for hydroxylation is 1. The zero-order valence-corrected chi connectivity index (χ0v) is 12.7. The van der Waals surface area contributed by atoms with Crippen molar-refractivity contribution in [2.24, 2.45) is 12.9 Å². The summed E-state index contributed by atoms with van der Waals surface area (Å²) in [5.41, 5.74) is 4.58. The second-order valence-corrected chi connectivity index (χ2v) is 5.29. The fourth-order valence-corrected chi connectivity index (χ4v) is 2.35. The molecular formula is C12H20ClN7. The van der Waals surface area contributed by atoms with Crippen molar-refractivity contribution in [3.05, 3.63) is 34.9 Å². The van der Waals surface area contributed by atoms with Gasteiger partial charge < -0.3 is 4.90 Å². The molecule has 3 N–H and O–H groups in total. The number of likely N-dealkylation sites (N-methyl/N-ethyl adjacent to an activating group) is 1. The third-order valence-electron chi connectivity index (χ3n) is 3.19. The average Bonchev–Trinajstić information content (AvgIpc) is 2.97. The number of halogens is 1. The molecule has 2 aromatic rings. The zero-order chi connectivity index (χ0) is 14.7. The minimum absolute atomic E-state index is 0.250. The quantitative estimate of drug-likeness (QED) is 0.596. The maximum Gasteiger partial charge on any atom is 0.106 e. The van der Waals surface area contributed by atoms with E-state index in [-0.39, 0.29) is 6.04 Å². The van der Waals surface area contributed by atoms with Crippen LogP contribution in [0.1, 0.15) is 17.4 Å². The lowest BCUT2D eigenvalue weighted by Crippen LogP contribution is -2.33. The minimum atomic E-state index is -0.250. The highest BCUT2D eigenvalue weighted by atomic mass is 35.5. The van der Waals surface area contributed by atoms with Crippen molar-refractivity contribution < 1.29 is 0 Å². The van der Waals surface area contributed by atoms with Crippen molar-refractivity contribution in [2.45, 2.75) is 12.6 Å². The normalized spacial score (nSPS) is 13.1. The van der Waals surface area contributed by atoms with Crippen molar-refractivity contribution in [3.63, 3.8) is 0 Å². The van der Waals surface area contributed by atoms with E-state index in [0.717, 1.165) is 24.5 Å². The lowest BCUT2D eigenvalue weighted by atomic mass is 10.1. The van der Waals surface area contributed by atoms with E-state index < -0.39 is 0 Å². The molecular weight excluding hydrogens is 278 g/mol. The molecule has 0 saturated heterocycles. The molecule has 1 atom stereocenters. The van der Waals surface area contributed by atoms with Crippen molar-refractivity contribution in [1.29, 1.82) is 0 Å². The van der Waals surface area contributed by atoms with Gasteiger partial charge in [-0.2, -0.15) is 10.2 Å². The molecule has 0 radical (unpaired) electrons. The molecule has 0 saturated carbocycles. The van der Waals surface area contributed by atoms with E-state index in [4.69, 9.17) is 17.4 Å². The largest absolute Gasteiger partial charge is 0.308 e. The topological polar surface area (TPSA) is 76.9 Å². The van der Waals surface area contributed by atoms with Crippen LogP contribution in [0.2, 0.25) is 5.02 Å². The SMILES string of the molecule is CN(C)CCn1ncc(Cl)c1C(NN)c1ccnn1C. The molecule has 0 amide bonds. The van der Waals surface area contributed by atoms with E-state index in [1.165, 1.54) is 0 Å². The molecule has 0 aliphatic heterocycles. The van der Waals surface area contributed by atoms with Crippen LogP contribution in [-0.4, -0.2) is 45.1 Å². The summed E-state index contributed by atoms with van der Waals surface area (Å²) in [6, 6.07) is 1.66. The highest BCUT2D eigenvalue weighted by Crippen LogP contribution is 2.27. The van der Waals surface area contributed by atoms with E-state index in [2.05, 4.69) is 20.5 Å². The first-order chi connectivity index (χ1) is 9.54. The van der Waals surface area contributed by atoms with Gasteiger partial charge in [-0.1, -0.05) is 11.6 Å². The van der Waals surface area contributed by atoms with Crippen LogP contribution in [0.3, 0.4) is 0 Å². The van der Waals surface area contributed by atoms with Gasteiger partial charge in [0, 0.05) is 19.8 Å². The summed E-state index contributed by atoms with van der Waals surface area (Å²) in [7, 11) is 5.91. The summed E-state index contributed by atoms with van der Waals surface area (Å²) in [4.78, 5) is 2.09. The summed E-state index contributed by atoms with van der Waals surface area (Å²) in [6.45, 7) is 1.61. The van der Waals surface area contributed by atoms with Gasteiger partial charge in [0.1, 0.15) is 6.04 Å².